The zero-order valence-electron chi connectivity index (χ0n) is 19.2. The molecule has 1 fully saturated rings. The summed E-state index contributed by atoms with van der Waals surface area (Å²) in [5, 5.41) is 10.3. The van der Waals surface area contributed by atoms with Crippen molar-refractivity contribution in [3.8, 4) is 0 Å². The topological polar surface area (TPSA) is 143 Å². The van der Waals surface area contributed by atoms with Gasteiger partial charge in [-0.3, -0.25) is 9.59 Å². The maximum atomic E-state index is 12.8. The maximum Gasteiger partial charge on any atom is 0.346 e. The van der Waals surface area contributed by atoms with E-state index < -0.39 is 59.5 Å². The molecule has 0 unspecified atom stereocenters. The minimum absolute atomic E-state index is 0.0914. The monoisotopic (exact) mass is 464 g/mol. The van der Waals surface area contributed by atoms with E-state index in [1.807, 2.05) is 0 Å². The molecule has 0 saturated carbocycles. The number of esters is 4. The van der Waals surface area contributed by atoms with E-state index in [1.165, 1.54) is 6.08 Å². The Kier molecular flexibility index (Phi) is 7.97. The van der Waals surface area contributed by atoms with E-state index in [9.17, 15) is 29.1 Å². The van der Waals surface area contributed by atoms with Gasteiger partial charge in [-0.2, -0.15) is 0 Å². The third-order valence-corrected chi connectivity index (χ3v) is 5.61. The second-order valence-corrected chi connectivity index (χ2v) is 8.15. The summed E-state index contributed by atoms with van der Waals surface area (Å²) in [5.41, 5.74) is -1.93. The first-order chi connectivity index (χ1) is 15.3. The van der Waals surface area contributed by atoms with Gasteiger partial charge in [-0.15, -0.1) is 0 Å². The van der Waals surface area contributed by atoms with Crippen LogP contribution < -0.4 is 0 Å². The third-order valence-electron chi connectivity index (χ3n) is 5.61. The molecule has 0 aromatic carbocycles. The van der Waals surface area contributed by atoms with Crippen LogP contribution in [0.3, 0.4) is 0 Å². The summed E-state index contributed by atoms with van der Waals surface area (Å²) in [6, 6.07) is 0. The smallest absolute Gasteiger partial charge is 0.346 e. The van der Waals surface area contributed by atoms with E-state index in [1.54, 1.807) is 13.0 Å². The van der Waals surface area contributed by atoms with Gasteiger partial charge in [0.1, 0.15) is 6.10 Å². The number of hydrogen-bond acceptors (Lipinski definition) is 10. The fourth-order valence-corrected chi connectivity index (χ4v) is 3.57. The summed E-state index contributed by atoms with van der Waals surface area (Å²) in [6.45, 7) is 8.55. The highest BCUT2D eigenvalue weighted by atomic mass is 16.6. The van der Waals surface area contributed by atoms with Gasteiger partial charge in [-0.05, 0) is 39.7 Å². The first-order valence-corrected chi connectivity index (χ1v) is 10.3. The number of rotatable bonds is 5. The van der Waals surface area contributed by atoms with Crippen LogP contribution in [0.4, 0.5) is 0 Å². The number of ketones is 1. The normalized spacial score (nSPS) is 30.2. The molecule has 0 aromatic heterocycles. The highest BCUT2D eigenvalue weighted by molar-refractivity contribution is 6.05. The molecule has 0 spiro atoms. The molecule has 0 amide bonds. The Hall–Kier alpha value is -3.27. The molecule has 1 saturated heterocycles. The number of carbonyl (C=O) groups is 5. The van der Waals surface area contributed by atoms with Gasteiger partial charge < -0.3 is 24.1 Å². The lowest BCUT2D eigenvalue weighted by molar-refractivity contribution is -0.185. The van der Waals surface area contributed by atoms with E-state index in [0.29, 0.717) is 12.8 Å². The van der Waals surface area contributed by atoms with Crippen molar-refractivity contribution in [2.24, 2.45) is 5.92 Å². The van der Waals surface area contributed by atoms with Crippen molar-refractivity contribution >= 4 is 29.7 Å². The zero-order chi connectivity index (χ0) is 25.1. The molecular formula is C23H28O10. The summed E-state index contributed by atoms with van der Waals surface area (Å²) in [7, 11) is 1.13. The van der Waals surface area contributed by atoms with Crippen molar-refractivity contribution in [1.82, 2.24) is 0 Å². The molecule has 1 aliphatic carbocycles. The number of Topliss-reactive ketones (excluding diaryl/α,β-unsaturated/α-hetero) is 1. The van der Waals surface area contributed by atoms with Crippen LogP contribution in [0.1, 0.15) is 40.5 Å². The second-order valence-electron chi connectivity index (χ2n) is 8.15. The lowest BCUT2D eigenvalue weighted by Gasteiger charge is -2.34. The Bertz CT molecular complexity index is 939. The van der Waals surface area contributed by atoms with Crippen molar-refractivity contribution in [2.45, 2.75) is 64.4 Å². The molecule has 0 radical (unpaired) electrons. The zero-order valence-corrected chi connectivity index (χ0v) is 19.2. The third kappa shape index (κ3) is 5.57. The quantitative estimate of drug-likeness (QED) is 0.207. The Morgan fingerprint density at radius 3 is 2.39 bits per heavy atom. The van der Waals surface area contributed by atoms with Crippen molar-refractivity contribution in [1.29, 1.82) is 0 Å². The number of methoxy groups -OCH3 is 1. The number of fused-ring (bicyclic) bond motifs is 1. The van der Waals surface area contributed by atoms with Gasteiger partial charge in [0.15, 0.2) is 18.0 Å². The van der Waals surface area contributed by atoms with Crippen LogP contribution in [-0.2, 0) is 42.9 Å². The minimum atomic E-state index is -2.53. The van der Waals surface area contributed by atoms with Crippen molar-refractivity contribution in [3.05, 3.63) is 35.5 Å². The summed E-state index contributed by atoms with van der Waals surface area (Å²) in [5.74, 6) is -5.77. The highest BCUT2D eigenvalue weighted by Crippen LogP contribution is 2.38. The van der Waals surface area contributed by atoms with Gasteiger partial charge in [0.05, 0.1) is 18.6 Å². The van der Waals surface area contributed by atoms with Gasteiger partial charge in [0, 0.05) is 12.5 Å². The molecule has 5 atom stereocenters. The van der Waals surface area contributed by atoms with Crippen LogP contribution in [0.25, 0.3) is 0 Å². The Balaban J connectivity index is 2.73. The van der Waals surface area contributed by atoms with Gasteiger partial charge >= 0.3 is 23.9 Å². The molecular weight excluding hydrogens is 436 g/mol. The Morgan fingerprint density at radius 2 is 1.85 bits per heavy atom. The predicted molar refractivity (Wildman–Crippen MR) is 112 cm³/mol. The standard InChI is InChI=1S/C23H28O10/c1-11-8-7-9-15(21(27)30-6)18(31-14(4)25)19(33-22(28)23(5,29)13(3)24)17-12(2)20(26)32-16(17)10-11/h9-10,16-19,29H,2,7-8H2,1,3-6H3/b11-10+,15-9+/t16-,17+,18+,19+,23+/m1/s1. The molecule has 33 heavy (non-hydrogen) atoms. The lowest BCUT2D eigenvalue weighted by Crippen LogP contribution is -2.51. The fraction of sp³-hybridized carbons (Fsp3) is 0.522. The number of carbonyl (C=O) groups excluding carboxylic acids is 5. The van der Waals surface area contributed by atoms with Gasteiger partial charge in [0.2, 0.25) is 5.60 Å². The van der Waals surface area contributed by atoms with Crippen molar-refractivity contribution in [2.75, 3.05) is 7.11 Å². The molecule has 0 bridgehead atoms. The summed E-state index contributed by atoms with van der Waals surface area (Å²) < 4.78 is 21.1. The first-order valence-electron chi connectivity index (χ1n) is 10.3. The van der Waals surface area contributed by atoms with Crippen molar-refractivity contribution in [3.63, 3.8) is 0 Å². The van der Waals surface area contributed by atoms with E-state index in [0.717, 1.165) is 33.5 Å². The van der Waals surface area contributed by atoms with Crippen molar-refractivity contribution < 1.29 is 48.0 Å². The molecule has 2 aliphatic rings. The molecule has 10 nitrogen and oxygen atoms in total. The number of aliphatic hydroxyl groups is 1. The Labute approximate surface area is 191 Å². The maximum absolute atomic E-state index is 12.8. The molecule has 0 aromatic rings. The molecule has 10 heteroatoms. The Morgan fingerprint density at radius 1 is 1.21 bits per heavy atom. The largest absolute Gasteiger partial charge is 0.466 e. The lowest BCUT2D eigenvalue weighted by atomic mass is 9.83. The molecule has 1 N–H and O–H groups in total. The number of allylic oxidation sites excluding steroid dienone is 2. The highest BCUT2D eigenvalue weighted by Gasteiger charge is 2.52. The van der Waals surface area contributed by atoms with Gasteiger partial charge in [0.25, 0.3) is 0 Å². The van der Waals surface area contributed by atoms with Crippen LogP contribution in [-0.4, -0.2) is 65.8 Å². The SMILES string of the molecule is C=C1C(=O)O[C@@H]2/C=C(\C)CC/C=C(/C(=O)OC)[C@H](OC(C)=O)[C@@H](OC(=O)[C@@](C)(O)C(C)=O)[C@@H]12. The minimum Gasteiger partial charge on any atom is -0.466 e. The van der Waals surface area contributed by atoms with E-state index in [2.05, 4.69) is 6.58 Å². The summed E-state index contributed by atoms with van der Waals surface area (Å²) in [6.07, 6.45) is -0.0725. The molecule has 2 rings (SSSR count). The summed E-state index contributed by atoms with van der Waals surface area (Å²) >= 11 is 0. The van der Waals surface area contributed by atoms with E-state index >= 15 is 0 Å². The van der Waals surface area contributed by atoms with Crippen LogP contribution in [0, 0.1) is 5.92 Å². The second kappa shape index (κ2) is 10.1. The number of ether oxygens (including phenoxy) is 4. The van der Waals surface area contributed by atoms with E-state index in [-0.39, 0.29) is 11.1 Å². The van der Waals surface area contributed by atoms with Crippen LogP contribution in [0.2, 0.25) is 0 Å². The van der Waals surface area contributed by atoms with E-state index in [4.69, 9.17) is 18.9 Å². The average Bonchev–Trinajstić information content (AvgIpc) is 2.99. The average molecular weight is 464 g/mol. The van der Waals surface area contributed by atoms with Crippen LogP contribution in [0.5, 0.6) is 0 Å². The molecule has 1 aliphatic heterocycles. The fourth-order valence-electron chi connectivity index (χ4n) is 3.57. The predicted octanol–water partition coefficient (Wildman–Crippen LogP) is 1.11. The van der Waals surface area contributed by atoms with Gasteiger partial charge in [-0.1, -0.05) is 18.2 Å². The van der Waals surface area contributed by atoms with Gasteiger partial charge in [-0.25, -0.2) is 14.4 Å². The first kappa shape index (κ1) is 26.0. The molecule has 180 valence electrons. The number of hydrogen-bond donors (Lipinski definition) is 1. The summed E-state index contributed by atoms with van der Waals surface area (Å²) in [4.78, 5) is 61.6. The molecule has 1 heterocycles. The van der Waals surface area contributed by atoms with Crippen LogP contribution in [0.15, 0.2) is 35.5 Å². The van der Waals surface area contributed by atoms with Crippen LogP contribution >= 0.6 is 0 Å².